The van der Waals surface area contributed by atoms with Gasteiger partial charge in [-0.15, -0.1) is 0 Å². The van der Waals surface area contributed by atoms with Crippen molar-refractivity contribution in [2.75, 3.05) is 0 Å². The molecule has 2 atom stereocenters. The molecule has 0 saturated heterocycles. The van der Waals surface area contributed by atoms with Crippen molar-refractivity contribution in [3.8, 4) is 11.3 Å². The second-order valence-electron chi connectivity index (χ2n) is 8.25. The highest BCUT2D eigenvalue weighted by Crippen LogP contribution is 2.73. The molecule has 4 aromatic rings. The molecule has 4 bridgehead atoms. The Balaban J connectivity index is 1.53. The number of benzene rings is 3. The summed E-state index contributed by atoms with van der Waals surface area (Å²) in [5.41, 5.74) is 8.47. The van der Waals surface area contributed by atoms with Crippen molar-refractivity contribution in [3.63, 3.8) is 0 Å². The summed E-state index contributed by atoms with van der Waals surface area (Å²) in [5, 5.41) is 0. The van der Waals surface area contributed by atoms with Crippen molar-refractivity contribution >= 4 is 0 Å². The minimum Gasteiger partial charge on any atom is -0.212 e. The van der Waals surface area contributed by atoms with Crippen molar-refractivity contribution < 1.29 is 4.42 Å². The fourth-order valence-electron chi connectivity index (χ4n) is 5.78. The summed E-state index contributed by atoms with van der Waals surface area (Å²) in [7, 11) is 0. The maximum absolute atomic E-state index is 6.66. The first-order valence-electron chi connectivity index (χ1n) is 10.1. The van der Waals surface area contributed by atoms with Crippen LogP contribution in [0.3, 0.4) is 0 Å². The van der Waals surface area contributed by atoms with Gasteiger partial charge in [-0.25, -0.2) is 4.42 Å². The molecule has 1 fully saturated rings. The quantitative estimate of drug-likeness (QED) is 0.344. The van der Waals surface area contributed by atoms with E-state index in [0.29, 0.717) is 17.8 Å². The first kappa shape index (κ1) is 14.8. The van der Waals surface area contributed by atoms with Crippen molar-refractivity contribution in [3.05, 3.63) is 125 Å². The fraction of sp³-hybridized carbons (Fsp3) is 0.148. The van der Waals surface area contributed by atoms with E-state index in [1.54, 1.807) is 0 Å². The Kier molecular flexibility index (Phi) is 2.75. The SMILES string of the molecule is c1ccc(-c2ccc3c([o+]2)C2C4c5ccccc5C3c3ccccc3C42)cc1. The van der Waals surface area contributed by atoms with Crippen LogP contribution in [0, 0.1) is 0 Å². The van der Waals surface area contributed by atoms with E-state index < -0.39 is 0 Å². The summed E-state index contributed by atoms with van der Waals surface area (Å²) in [6, 6.07) is 33.1. The number of hydrogen-bond donors (Lipinski definition) is 0. The molecule has 8 rings (SSSR count). The molecular weight excluding hydrogens is 340 g/mol. The van der Waals surface area contributed by atoms with Gasteiger partial charge in [0.25, 0.3) is 0 Å². The Hall–Kier alpha value is -3.19. The molecule has 0 aliphatic heterocycles. The van der Waals surface area contributed by atoms with Gasteiger partial charge in [-0.1, -0.05) is 66.7 Å². The van der Waals surface area contributed by atoms with Crippen molar-refractivity contribution in [1.29, 1.82) is 0 Å². The van der Waals surface area contributed by atoms with Gasteiger partial charge in [0, 0.05) is 23.8 Å². The summed E-state index contributed by atoms with van der Waals surface area (Å²) in [6.07, 6.45) is 0. The van der Waals surface area contributed by atoms with E-state index in [4.69, 9.17) is 4.42 Å². The van der Waals surface area contributed by atoms with Gasteiger partial charge in [-0.2, -0.15) is 0 Å². The molecule has 2 unspecified atom stereocenters. The molecule has 1 aromatic heterocycles. The van der Waals surface area contributed by atoms with Crippen molar-refractivity contribution in [1.82, 2.24) is 0 Å². The molecule has 0 radical (unpaired) electrons. The van der Waals surface area contributed by atoms with Crippen LogP contribution in [0.2, 0.25) is 0 Å². The summed E-state index contributed by atoms with van der Waals surface area (Å²) in [5.74, 6) is 3.98. The predicted octanol–water partition coefficient (Wildman–Crippen LogP) is 6.70. The highest BCUT2D eigenvalue weighted by Gasteiger charge is 2.64. The summed E-state index contributed by atoms with van der Waals surface area (Å²) < 4.78 is 6.66. The van der Waals surface area contributed by atoms with Gasteiger partial charge >= 0.3 is 11.5 Å². The molecule has 1 saturated carbocycles. The Morgan fingerprint density at radius 1 is 0.464 bits per heavy atom. The summed E-state index contributed by atoms with van der Waals surface area (Å²) in [4.78, 5) is 0. The number of hydrogen-bond acceptors (Lipinski definition) is 0. The first-order chi connectivity index (χ1) is 13.9. The van der Waals surface area contributed by atoms with E-state index in [0.717, 1.165) is 11.3 Å². The molecule has 4 aliphatic rings. The van der Waals surface area contributed by atoms with E-state index in [2.05, 4.69) is 91.0 Å². The normalized spacial score (nSPS) is 25.1. The first-order valence-corrected chi connectivity index (χ1v) is 10.1. The monoisotopic (exact) mass is 359 g/mol. The lowest BCUT2D eigenvalue weighted by atomic mass is 9.83. The topological polar surface area (TPSA) is 11.3 Å². The van der Waals surface area contributed by atoms with Crippen LogP contribution in [-0.2, 0) is 0 Å². The molecule has 28 heavy (non-hydrogen) atoms. The molecule has 0 spiro atoms. The molecule has 1 heteroatoms. The van der Waals surface area contributed by atoms with Crippen LogP contribution < -0.4 is 0 Å². The largest absolute Gasteiger partial charge is 0.360 e. The van der Waals surface area contributed by atoms with Gasteiger partial charge in [0.2, 0.25) is 0 Å². The second kappa shape index (κ2) is 5.20. The molecular formula is C27H19O+. The van der Waals surface area contributed by atoms with Crippen LogP contribution in [0.1, 0.15) is 57.2 Å². The highest BCUT2D eigenvalue weighted by atomic mass is 16.3. The zero-order chi connectivity index (χ0) is 18.2. The third-order valence-corrected chi connectivity index (χ3v) is 6.94. The average Bonchev–Trinajstić information content (AvgIpc) is 3.53. The van der Waals surface area contributed by atoms with Gasteiger partial charge in [0.1, 0.15) is 0 Å². The van der Waals surface area contributed by atoms with Crippen LogP contribution in [0.5, 0.6) is 0 Å². The average molecular weight is 359 g/mol. The molecule has 0 amide bonds. The van der Waals surface area contributed by atoms with Crippen LogP contribution in [0.25, 0.3) is 11.3 Å². The molecule has 1 heterocycles. The van der Waals surface area contributed by atoms with Crippen LogP contribution >= 0.6 is 0 Å². The zero-order valence-electron chi connectivity index (χ0n) is 15.4. The van der Waals surface area contributed by atoms with Gasteiger partial charge in [-0.3, -0.25) is 0 Å². The van der Waals surface area contributed by atoms with E-state index in [1.807, 2.05) is 0 Å². The van der Waals surface area contributed by atoms with Crippen LogP contribution in [-0.4, -0.2) is 0 Å². The minimum atomic E-state index is 0.274. The maximum atomic E-state index is 6.66. The summed E-state index contributed by atoms with van der Waals surface area (Å²) >= 11 is 0. The Morgan fingerprint density at radius 3 is 1.68 bits per heavy atom. The van der Waals surface area contributed by atoms with Gasteiger partial charge in [-0.05, 0) is 40.5 Å². The Bertz CT molecular complexity index is 1190. The highest BCUT2D eigenvalue weighted by molar-refractivity contribution is 5.66. The second-order valence-corrected chi connectivity index (χ2v) is 8.25. The molecule has 1 nitrogen and oxygen atoms in total. The third kappa shape index (κ3) is 1.79. The lowest BCUT2D eigenvalue weighted by Gasteiger charge is -2.18. The third-order valence-electron chi connectivity index (χ3n) is 6.94. The smallest absolute Gasteiger partial charge is 0.212 e. The van der Waals surface area contributed by atoms with Crippen molar-refractivity contribution in [2.24, 2.45) is 0 Å². The van der Waals surface area contributed by atoms with E-state index >= 15 is 0 Å². The summed E-state index contributed by atoms with van der Waals surface area (Å²) in [6.45, 7) is 0. The Morgan fingerprint density at radius 2 is 1.04 bits per heavy atom. The fourth-order valence-corrected chi connectivity index (χ4v) is 5.78. The zero-order valence-corrected chi connectivity index (χ0v) is 15.4. The molecule has 0 N–H and O–H groups in total. The molecule has 4 aliphatic carbocycles. The molecule has 132 valence electrons. The van der Waals surface area contributed by atoms with Gasteiger partial charge in [0.05, 0.1) is 17.0 Å². The van der Waals surface area contributed by atoms with E-state index in [9.17, 15) is 0 Å². The van der Waals surface area contributed by atoms with Gasteiger partial charge in [0.15, 0.2) is 0 Å². The van der Waals surface area contributed by atoms with Crippen LogP contribution in [0.15, 0.2) is 95.4 Å². The van der Waals surface area contributed by atoms with Gasteiger partial charge < -0.3 is 0 Å². The van der Waals surface area contributed by atoms with Crippen molar-refractivity contribution in [2.45, 2.75) is 23.7 Å². The standard InChI is InChI=1S/C27H19O/c1-2-8-16(9-3-1)22-15-14-21-23-17-10-4-6-12-19(17)24-25(26(24)27(21)28-22)20-13-7-5-11-18(20)23/h1-15,23-26H/q+1. The Labute approximate surface area is 164 Å². The lowest BCUT2D eigenvalue weighted by molar-refractivity contribution is 0.497. The van der Waals surface area contributed by atoms with E-state index in [-0.39, 0.29) is 5.92 Å². The lowest BCUT2D eigenvalue weighted by Crippen LogP contribution is -2.05. The maximum Gasteiger partial charge on any atom is 0.360 e. The number of rotatable bonds is 1. The molecule has 3 aromatic carbocycles. The van der Waals surface area contributed by atoms with Crippen LogP contribution in [0.4, 0.5) is 0 Å². The predicted molar refractivity (Wildman–Crippen MR) is 111 cm³/mol. The minimum absolute atomic E-state index is 0.274. The van der Waals surface area contributed by atoms with E-state index in [1.165, 1.54) is 33.6 Å².